The Hall–Kier alpha value is -2.30. The number of hydrogen-bond acceptors (Lipinski definition) is 2. The fourth-order valence-electron chi connectivity index (χ4n) is 2.93. The first-order chi connectivity index (χ1) is 13.2. The molecule has 1 amide bonds. The fraction of sp³-hybridized carbons (Fsp3) is 0.273. The van der Waals surface area contributed by atoms with Crippen LogP contribution in [0, 0.1) is 0 Å². The van der Waals surface area contributed by atoms with Gasteiger partial charge in [-0.3, -0.25) is 9.89 Å². The minimum atomic E-state index is -0.262. The minimum Gasteiger partial charge on any atom is -0.319 e. The molecule has 6 heteroatoms. The van der Waals surface area contributed by atoms with E-state index in [9.17, 15) is 4.79 Å². The van der Waals surface area contributed by atoms with Crippen molar-refractivity contribution in [1.82, 2.24) is 10.2 Å². The predicted molar refractivity (Wildman–Crippen MR) is 117 cm³/mol. The molecule has 0 unspecified atom stereocenters. The molecule has 1 heterocycles. The van der Waals surface area contributed by atoms with Crippen LogP contribution in [0.1, 0.15) is 49.3 Å². The molecule has 28 heavy (non-hydrogen) atoms. The van der Waals surface area contributed by atoms with Crippen molar-refractivity contribution in [3.63, 3.8) is 0 Å². The summed E-state index contributed by atoms with van der Waals surface area (Å²) < 4.78 is 0. The van der Waals surface area contributed by atoms with Crippen molar-refractivity contribution in [2.45, 2.75) is 39.5 Å². The maximum atomic E-state index is 12.8. The largest absolute Gasteiger partial charge is 0.319 e. The molecule has 0 atom stereocenters. The molecule has 2 N–H and O–H groups in total. The summed E-state index contributed by atoms with van der Waals surface area (Å²) in [6.45, 7) is 8.53. The van der Waals surface area contributed by atoms with E-state index >= 15 is 0 Å². The van der Waals surface area contributed by atoms with Crippen molar-refractivity contribution < 1.29 is 4.79 Å². The second-order valence-electron chi connectivity index (χ2n) is 7.69. The van der Waals surface area contributed by atoms with Crippen molar-refractivity contribution in [3.05, 3.63) is 69.3 Å². The van der Waals surface area contributed by atoms with Crippen LogP contribution in [0.15, 0.2) is 42.5 Å². The van der Waals surface area contributed by atoms with E-state index in [0.29, 0.717) is 33.4 Å². The highest BCUT2D eigenvalue weighted by Crippen LogP contribution is 2.32. The lowest BCUT2D eigenvalue weighted by Gasteiger charge is -2.19. The summed E-state index contributed by atoms with van der Waals surface area (Å²) >= 11 is 12.0. The Balaban J connectivity index is 1.94. The number of amides is 1. The molecule has 1 aromatic heterocycles. The number of nitrogens with zero attached hydrogens (tertiary/aromatic N) is 1. The minimum absolute atomic E-state index is 0.0730. The van der Waals surface area contributed by atoms with E-state index in [2.05, 4.69) is 48.4 Å². The summed E-state index contributed by atoms with van der Waals surface area (Å²) in [7, 11) is 0. The zero-order valence-corrected chi connectivity index (χ0v) is 17.9. The molecule has 2 aromatic carbocycles. The van der Waals surface area contributed by atoms with Gasteiger partial charge in [0.25, 0.3) is 5.91 Å². The molecule has 0 radical (unpaired) electrons. The average molecular weight is 416 g/mol. The molecule has 0 aliphatic carbocycles. The molecule has 0 bridgehead atoms. The van der Waals surface area contributed by atoms with E-state index < -0.39 is 0 Å². The maximum absolute atomic E-state index is 12.8. The van der Waals surface area contributed by atoms with Gasteiger partial charge in [-0.05, 0) is 35.6 Å². The Morgan fingerprint density at radius 2 is 1.75 bits per heavy atom. The standard InChI is InChI=1S/C22H23Cl2N3O/c1-5-18-20(25-21(28)14-8-11-16(23)17(24)12-14)19(27-26-18)13-6-9-15(10-7-13)22(2,3)4/h6-12H,5H2,1-4H3,(H,25,28)(H,26,27). The quantitative estimate of drug-likeness (QED) is 0.510. The van der Waals surface area contributed by atoms with E-state index in [1.165, 1.54) is 5.56 Å². The number of aromatic nitrogens is 2. The summed E-state index contributed by atoms with van der Waals surface area (Å²) in [5.41, 5.74) is 4.95. The average Bonchev–Trinajstić information content (AvgIpc) is 3.05. The first-order valence-electron chi connectivity index (χ1n) is 9.15. The van der Waals surface area contributed by atoms with Crippen molar-refractivity contribution in [3.8, 4) is 11.3 Å². The molecule has 0 aliphatic heterocycles. The van der Waals surface area contributed by atoms with Crippen LogP contribution in [0.3, 0.4) is 0 Å². The van der Waals surface area contributed by atoms with Crippen LogP contribution in [0.4, 0.5) is 5.69 Å². The third-order valence-electron chi connectivity index (χ3n) is 4.64. The number of aromatic amines is 1. The SMILES string of the molecule is CCc1[nH]nc(-c2ccc(C(C)(C)C)cc2)c1NC(=O)c1ccc(Cl)c(Cl)c1. The lowest BCUT2D eigenvalue weighted by molar-refractivity contribution is 0.102. The summed E-state index contributed by atoms with van der Waals surface area (Å²) in [5.74, 6) is -0.262. The molecule has 4 nitrogen and oxygen atoms in total. The molecule has 0 fully saturated rings. The van der Waals surface area contributed by atoms with Gasteiger partial charge in [0.1, 0.15) is 5.69 Å². The highest BCUT2D eigenvalue weighted by atomic mass is 35.5. The predicted octanol–water partition coefficient (Wildman–Crippen LogP) is 6.50. The highest BCUT2D eigenvalue weighted by molar-refractivity contribution is 6.42. The van der Waals surface area contributed by atoms with Gasteiger partial charge >= 0.3 is 0 Å². The fourth-order valence-corrected chi connectivity index (χ4v) is 3.23. The Morgan fingerprint density at radius 1 is 1.07 bits per heavy atom. The maximum Gasteiger partial charge on any atom is 0.255 e. The summed E-state index contributed by atoms with van der Waals surface area (Å²) in [6.07, 6.45) is 0.712. The molecular weight excluding hydrogens is 393 g/mol. The van der Waals surface area contributed by atoms with Crippen molar-refractivity contribution in [1.29, 1.82) is 0 Å². The molecule has 3 rings (SSSR count). The van der Waals surface area contributed by atoms with Crippen LogP contribution in [-0.4, -0.2) is 16.1 Å². The zero-order valence-electron chi connectivity index (χ0n) is 16.4. The molecule has 0 aliphatic rings. The van der Waals surface area contributed by atoms with Crippen LogP contribution in [-0.2, 0) is 11.8 Å². The molecule has 0 saturated carbocycles. The van der Waals surface area contributed by atoms with E-state index in [0.717, 1.165) is 11.3 Å². The third-order valence-corrected chi connectivity index (χ3v) is 5.38. The van der Waals surface area contributed by atoms with Gasteiger partial charge in [-0.15, -0.1) is 0 Å². The van der Waals surface area contributed by atoms with E-state index in [-0.39, 0.29) is 11.3 Å². The smallest absolute Gasteiger partial charge is 0.255 e. The molecule has 3 aromatic rings. The van der Waals surface area contributed by atoms with Crippen LogP contribution >= 0.6 is 23.2 Å². The number of H-pyrrole nitrogens is 1. The van der Waals surface area contributed by atoms with E-state index in [1.807, 2.05) is 19.1 Å². The van der Waals surface area contributed by atoms with Crippen molar-refractivity contribution in [2.75, 3.05) is 5.32 Å². The van der Waals surface area contributed by atoms with Gasteiger partial charge < -0.3 is 5.32 Å². The topological polar surface area (TPSA) is 57.8 Å². The monoisotopic (exact) mass is 415 g/mol. The summed E-state index contributed by atoms with van der Waals surface area (Å²) in [6, 6.07) is 13.1. The molecular formula is C22H23Cl2N3O. The second-order valence-corrected chi connectivity index (χ2v) is 8.50. The summed E-state index contributed by atoms with van der Waals surface area (Å²) in [5, 5.41) is 11.2. The van der Waals surface area contributed by atoms with Gasteiger partial charge in [-0.1, -0.05) is 75.2 Å². The zero-order chi connectivity index (χ0) is 20.5. The number of rotatable bonds is 4. The van der Waals surface area contributed by atoms with Crippen molar-refractivity contribution >= 4 is 34.8 Å². The van der Waals surface area contributed by atoms with Gasteiger partial charge in [-0.2, -0.15) is 5.10 Å². The van der Waals surface area contributed by atoms with Gasteiger partial charge in [0.2, 0.25) is 0 Å². The lowest BCUT2D eigenvalue weighted by atomic mass is 9.86. The number of benzene rings is 2. The van der Waals surface area contributed by atoms with E-state index in [1.54, 1.807) is 18.2 Å². The van der Waals surface area contributed by atoms with Gasteiger partial charge in [0.15, 0.2) is 0 Å². The number of halogens is 2. The number of carbonyl (C=O) groups excluding carboxylic acids is 1. The van der Waals surface area contributed by atoms with Crippen LogP contribution in [0.2, 0.25) is 10.0 Å². The Labute approximate surface area is 175 Å². The van der Waals surface area contributed by atoms with E-state index in [4.69, 9.17) is 23.2 Å². The Bertz CT molecular complexity index is 1000. The number of aryl methyl sites for hydroxylation is 1. The highest BCUT2D eigenvalue weighted by Gasteiger charge is 2.19. The molecule has 0 spiro atoms. The van der Waals surface area contributed by atoms with Crippen molar-refractivity contribution in [2.24, 2.45) is 0 Å². The first-order valence-corrected chi connectivity index (χ1v) is 9.91. The lowest BCUT2D eigenvalue weighted by Crippen LogP contribution is -2.13. The normalized spacial score (nSPS) is 11.5. The molecule has 0 saturated heterocycles. The van der Waals surface area contributed by atoms with Crippen LogP contribution in [0.25, 0.3) is 11.3 Å². The third kappa shape index (κ3) is 4.23. The van der Waals surface area contributed by atoms with Gasteiger partial charge in [0, 0.05) is 11.1 Å². The van der Waals surface area contributed by atoms with Crippen LogP contribution < -0.4 is 5.32 Å². The van der Waals surface area contributed by atoms with Gasteiger partial charge in [-0.25, -0.2) is 0 Å². The Kier molecular flexibility index (Phi) is 5.82. The molecule has 146 valence electrons. The summed E-state index contributed by atoms with van der Waals surface area (Å²) in [4.78, 5) is 12.8. The number of nitrogens with one attached hydrogen (secondary N) is 2. The Morgan fingerprint density at radius 3 is 2.32 bits per heavy atom. The van der Waals surface area contributed by atoms with Crippen LogP contribution in [0.5, 0.6) is 0 Å². The second kappa shape index (κ2) is 7.98. The first kappa shape index (κ1) is 20.4. The number of carbonyl (C=O) groups is 1. The number of hydrogen-bond donors (Lipinski definition) is 2. The van der Waals surface area contributed by atoms with Gasteiger partial charge in [0.05, 0.1) is 21.4 Å². The number of anilines is 1.